The van der Waals surface area contributed by atoms with Crippen LogP contribution in [0, 0.1) is 5.92 Å². The maximum atomic E-state index is 5.96. The lowest BCUT2D eigenvalue weighted by Crippen LogP contribution is -2.28. The zero-order valence-corrected chi connectivity index (χ0v) is 11.4. The summed E-state index contributed by atoms with van der Waals surface area (Å²) in [5, 5.41) is 0. The number of rotatable bonds is 6. The molecule has 0 saturated carbocycles. The van der Waals surface area contributed by atoms with Gasteiger partial charge in [0.05, 0.1) is 6.61 Å². The van der Waals surface area contributed by atoms with E-state index in [4.69, 9.17) is 10.5 Å². The van der Waals surface area contributed by atoms with Gasteiger partial charge in [0.2, 0.25) is 0 Å². The monoisotopic (exact) mass is 235 g/mol. The summed E-state index contributed by atoms with van der Waals surface area (Å²) in [5.41, 5.74) is 7.31. The molecule has 0 radical (unpaired) electrons. The van der Waals surface area contributed by atoms with Crippen LogP contribution in [0.15, 0.2) is 24.3 Å². The first-order chi connectivity index (χ1) is 8.00. The second kappa shape index (κ2) is 6.65. The molecule has 0 amide bonds. The molecule has 0 aliphatic rings. The molecule has 0 aliphatic carbocycles. The molecule has 1 aromatic rings. The molecular weight excluding hydrogens is 210 g/mol. The number of hydrogen-bond acceptors (Lipinski definition) is 2. The van der Waals surface area contributed by atoms with Crippen molar-refractivity contribution in [1.29, 1.82) is 0 Å². The topological polar surface area (TPSA) is 35.2 Å². The van der Waals surface area contributed by atoms with E-state index in [1.165, 1.54) is 5.56 Å². The summed E-state index contributed by atoms with van der Waals surface area (Å²) in [6.07, 6.45) is 0.906. The van der Waals surface area contributed by atoms with Crippen molar-refractivity contribution in [2.45, 2.75) is 46.1 Å². The molecule has 96 valence electrons. The molecule has 17 heavy (non-hydrogen) atoms. The summed E-state index contributed by atoms with van der Waals surface area (Å²) in [6, 6.07) is 8.56. The zero-order chi connectivity index (χ0) is 12.8. The molecule has 0 saturated heterocycles. The van der Waals surface area contributed by atoms with Crippen LogP contribution in [0.2, 0.25) is 0 Å². The molecule has 2 nitrogen and oxygen atoms in total. The van der Waals surface area contributed by atoms with E-state index < -0.39 is 0 Å². The van der Waals surface area contributed by atoms with Gasteiger partial charge >= 0.3 is 0 Å². The first-order valence-corrected chi connectivity index (χ1v) is 6.49. The highest BCUT2D eigenvalue weighted by Gasteiger charge is 2.07. The van der Waals surface area contributed by atoms with Crippen LogP contribution >= 0.6 is 0 Å². The minimum atomic E-state index is 0.227. The molecule has 0 aromatic heterocycles. The third kappa shape index (κ3) is 4.78. The number of nitrogens with two attached hydrogens (primary N) is 1. The molecule has 0 aliphatic heterocycles. The van der Waals surface area contributed by atoms with Crippen molar-refractivity contribution < 1.29 is 4.74 Å². The van der Waals surface area contributed by atoms with E-state index in [1.807, 2.05) is 12.1 Å². The second-order valence-electron chi connectivity index (χ2n) is 5.27. The molecule has 2 heteroatoms. The van der Waals surface area contributed by atoms with Crippen molar-refractivity contribution >= 4 is 0 Å². The normalized spacial score (nSPS) is 13.1. The summed E-state index contributed by atoms with van der Waals surface area (Å²) >= 11 is 0. The molecular formula is C15H25NO. The van der Waals surface area contributed by atoms with Crippen molar-refractivity contribution in [2.75, 3.05) is 6.61 Å². The van der Waals surface area contributed by atoms with E-state index >= 15 is 0 Å². The molecule has 1 rings (SSSR count). The first kappa shape index (κ1) is 14.0. The van der Waals surface area contributed by atoms with Gasteiger partial charge in [0.1, 0.15) is 5.75 Å². The highest BCUT2D eigenvalue weighted by atomic mass is 16.5. The quantitative estimate of drug-likeness (QED) is 0.818. The Morgan fingerprint density at radius 2 is 1.65 bits per heavy atom. The van der Waals surface area contributed by atoms with Gasteiger partial charge < -0.3 is 10.5 Å². The van der Waals surface area contributed by atoms with Gasteiger partial charge in [-0.05, 0) is 36.0 Å². The van der Waals surface area contributed by atoms with Crippen LogP contribution in [0.3, 0.4) is 0 Å². The summed E-state index contributed by atoms with van der Waals surface area (Å²) in [6.45, 7) is 9.36. The molecule has 0 bridgehead atoms. The zero-order valence-electron chi connectivity index (χ0n) is 11.4. The molecule has 0 fully saturated rings. The second-order valence-corrected chi connectivity index (χ2v) is 5.27. The molecule has 2 N–H and O–H groups in total. The largest absolute Gasteiger partial charge is 0.494 e. The molecule has 0 heterocycles. The van der Waals surface area contributed by atoms with Crippen LogP contribution in [0.5, 0.6) is 5.75 Å². The van der Waals surface area contributed by atoms with Crippen LogP contribution in [-0.4, -0.2) is 12.6 Å². The van der Waals surface area contributed by atoms with E-state index in [-0.39, 0.29) is 6.04 Å². The lowest BCUT2D eigenvalue weighted by molar-refractivity contribution is 0.282. The van der Waals surface area contributed by atoms with Crippen molar-refractivity contribution in [3.8, 4) is 5.75 Å². The van der Waals surface area contributed by atoms with Gasteiger partial charge in [-0.2, -0.15) is 0 Å². The third-order valence-electron chi connectivity index (χ3n) is 3.12. The van der Waals surface area contributed by atoms with E-state index in [0.29, 0.717) is 18.4 Å². The van der Waals surface area contributed by atoms with E-state index in [9.17, 15) is 0 Å². The van der Waals surface area contributed by atoms with Crippen molar-refractivity contribution in [3.63, 3.8) is 0 Å². The Morgan fingerprint density at radius 3 is 2.12 bits per heavy atom. The predicted molar refractivity (Wildman–Crippen MR) is 73.5 cm³/mol. The number of ether oxygens (including phenoxy) is 1. The Balaban J connectivity index is 2.37. The van der Waals surface area contributed by atoms with Gasteiger partial charge in [-0.3, -0.25) is 0 Å². The maximum absolute atomic E-state index is 5.96. The van der Waals surface area contributed by atoms with Crippen LogP contribution < -0.4 is 10.5 Å². The Kier molecular flexibility index (Phi) is 5.49. The highest BCUT2D eigenvalue weighted by molar-refractivity contribution is 5.28. The van der Waals surface area contributed by atoms with Crippen molar-refractivity contribution in [1.82, 2.24) is 0 Å². The van der Waals surface area contributed by atoms with Crippen LogP contribution in [-0.2, 0) is 0 Å². The number of benzene rings is 1. The van der Waals surface area contributed by atoms with E-state index in [0.717, 1.165) is 12.2 Å². The van der Waals surface area contributed by atoms with E-state index in [2.05, 4.69) is 39.8 Å². The van der Waals surface area contributed by atoms with Crippen LogP contribution in [0.25, 0.3) is 0 Å². The third-order valence-corrected chi connectivity index (χ3v) is 3.12. The van der Waals surface area contributed by atoms with Crippen molar-refractivity contribution in [2.24, 2.45) is 11.7 Å². The first-order valence-electron chi connectivity index (χ1n) is 6.49. The van der Waals surface area contributed by atoms with Gasteiger partial charge in [-0.15, -0.1) is 0 Å². The molecule has 1 unspecified atom stereocenters. The van der Waals surface area contributed by atoms with E-state index in [1.54, 1.807) is 0 Å². The van der Waals surface area contributed by atoms with Gasteiger partial charge in [-0.25, -0.2) is 0 Å². The summed E-state index contributed by atoms with van der Waals surface area (Å²) in [4.78, 5) is 0. The average molecular weight is 235 g/mol. The Bertz CT molecular complexity index is 316. The minimum Gasteiger partial charge on any atom is -0.494 e. The van der Waals surface area contributed by atoms with Gasteiger partial charge in [-0.1, -0.05) is 39.8 Å². The van der Waals surface area contributed by atoms with Crippen LogP contribution in [0.4, 0.5) is 0 Å². The summed E-state index contributed by atoms with van der Waals surface area (Å²) < 4.78 is 5.68. The SMILES string of the molecule is CC(C)c1ccc(OCCC(N)C(C)C)cc1. The molecule has 1 atom stereocenters. The maximum Gasteiger partial charge on any atom is 0.119 e. The molecule has 1 aromatic carbocycles. The van der Waals surface area contributed by atoms with Gasteiger partial charge in [0, 0.05) is 6.04 Å². The summed E-state index contributed by atoms with van der Waals surface area (Å²) in [5.74, 6) is 2.02. The van der Waals surface area contributed by atoms with Gasteiger partial charge in [0.15, 0.2) is 0 Å². The number of hydrogen-bond donors (Lipinski definition) is 1. The fourth-order valence-electron chi connectivity index (χ4n) is 1.60. The predicted octanol–water partition coefficient (Wildman–Crippen LogP) is 3.56. The summed E-state index contributed by atoms with van der Waals surface area (Å²) in [7, 11) is 0. The lowest BCUT2D eigenvalue weighted by atomic mass is 10.0. The Hall–Kier alpha value is -1.02. The Morgan fingerprint density at radius 1 is 1.06 bits per heavy atom. The Labute approximate surface area is 105 Å². The van der Waals surface area contributed by atoms with Gasteiger partial charge in [0.25, 0.3) is 0 Å². The highest BCUT2D eigenvalue weighted by Crippen LogP contribution is 2.18. The fourth-order valence-corrected chi connectivity index (χ4v) is 1.60. The fraction of sp³-hybridized carbons (Fsp3) is 0.600. The van der Waals surface area contributed by atoms with Crippen molar-refractivity contribution in [3.05, 3.63) is 29.8 Å². The van der Waals surface area contributed by atoms with Crippen LogP contribution in [0.1, 0.15) is 45.6 Å². The average Bonchev–Trinajstić information content (AvgIpc) is 2.29. The smallest absolute Gasteiger partial charge is 0.119 e. The minimum absolute atomic E-state index is 0.227. The molecule has 0 spiro atoms. The lowest BCUT2D eigenvalue weighted by Gasteiger charge is -2.16. The standard InChI is InChI=1S/C15H25NO/c1-11(2)13-5-7-14(8-6-13)17-10-9-15(16)12(3)4/h5-8,11-12,15H,9-10,16H2,1-4H3.